The molecule has 1 aliphatic rings. The molecule has 15 heavy (non-hydrogen) atoms. The second kappa shape index (κ2) is 2.95. The zero-order valence-electron chi connectivity index (χ0n) is 8.89. The number of ketones is 1. The Morgan fingerprint density at radius 2 is 2.13 bits per heavy atom. The van der Waals surface area contributed by atoms with Gasteiger partial charge < -0.3 is 10.7 Å². The maximum atomic E-state index is 11.9. The minimum atomic E-state index is -0.541. The fourth-order valence-electron chi connectivity index (χ4n) is 2.18. The molecule has 0 saturated carbocycles. The van der Waals surface area contributed by atoms with E-state index < -0.39 is 5.91 Å². The molecule has 1 aromatic heterocycles. The van der Waals surface area contributed by atoms with E-state index in [1.807, 2.05) is 13.8 Å². The monoisotopic (exact) mass is 206 g/mol. The first kappa shape index (κ1) is 9.96. The largest absolute Gasteiger partial charge is 0.366 e. The maximum absolute atomic E-state index is 11.9. The third-order valence-corrected chi connectivity index (χ3v) is 2.80. The molecule has 1 amide bonds. The fraction of sp³-hybridized carbons (Fsp3) is 0.455. The van der Waals surface area contributed by atoms with Crippen LogP contribution in [0.3, 0.4) is 0 Å². The van der Waals surface area contributed by atoms with Gasteiger partial charge in [0.05, 0.1) is 11.1 Å². The Balaban J connectivity index is 2.53. The van der Waals surface area contributed by atoms with Crippen molar-refractivity contribution in [3.05, 3.63) is 23.0 Å². The van der Waals surface area contributed by atoms with Crippen molar-refractivity contribution in [1.82, 2.24) is 4.98 Å². The van der Waals surface area contributed by atoms with E-state index in [0.717, 1.165) is 12.1 Å². The van der Waals surface area contributed by atoms with E-state index >= 15 is 0 Å². The van der Waals surface area contributed by atoms with Crippen LogP contribution in [-0.2, 0) is 6.42 Å². The van der Waals surface area contributed by atoms with Gasteiger partial charge >= 0.3 is 0 Å². The Morgan fingerprint density at radius 1 is 1.47 bits per heavy atom. The summed E-state index contributed by atoms with van der Waals surface area (Å²) in [5.41, 5.74) is 6.83. The number of hydrogen-bond donors (Lipinski definition) is 2. The molecule has 4 heteroatoms. The Morgan fingerprint density at radius 3 is 2.73 bits per heavy atom. The number of hydrogen-bond acceptors (Lipinski definition) is 2. The molecule has 0 aliphatic heterocycles. The van der Waals surface area contributed by atoms with E-state index in [2.05, 4.69) is 4.98 Å². The maximum Gasteiger partial charge on any atom is 0.250 e. The van der Waals surface area contributed by atoms with Gasteiger partial charge in [-0.15, -0.1) is 0 Å². The van der Waals surface area contributed by atoms with Gasteiger partial charge in [-0.05, 0) is 11.8 Å². The van der Waals surface area contributed by atoms with Crippen LogP contribution < -0.4 is 5.73 Å². The topological polar surface area (TPSA) is 76.0 Å². The second-order valence-corrected chi connectivity index (χ2v) is 4.86. The summed E-state index contributed by atoms with van der Waals surface area (Å²) in [5, 5.41) is 0. The summed E-state index contributed by atoms with van der Waals surface area (Å²) in [6.45, 7) is 4.08. The lowest BCUT2D eigenvalue weighted by Gasteiger charge is -2.28. The van der Waals surface area contributed by atoms with Crippen LogP contribution in [0.25, 0.3) is 0 Å². The Kier molecular flexibility index (Phi) is 1.96. The highest BCUT2D eigenvalue weighted by Gasteiger charge is 2.34. The Bertz CT molecular complexity index is 443. The highest BCUT2D eigenvalue weighted by molar-refractivity contribution is 6.09. The van der Waals surface area contributed by atoms with Gasteiger partial charge in [-0.3, -0.25) is 9.59 Å². The Labute approximate surface area is 87.9 Å². The summed E-state index contributed by atoms with van der Waals surface area (Å²) < 4.78 is 0. The van der Waals surface area contributed by atoms with Crippen molar-refractivity contribution in [2.24, 2.45) is 11.1 Å². The lowest BCUT2D eigenvalue weighted by molar-refractivity contribution is 0.0899. The van der Waals surface area contributed by atoms with Crippen LogP contribution in [0.5, 0.6) is 0 Å². The van der Waals surface area contributed by atoms with Gasteiger partial charge in [-0.25, -0.2) is 0 Å². The van der Waals surface area contributed by atoms with Gasteiger partial charge in [0.2, 0.25) is 0 Å². The van der Waals surface area contributed by atoms with Gasteiger partial charge in [-0.1, -0.05) is 13.8 Å². The molecule has 4 nitrogen and oxygen atoms in total. The van der Waals surface area contributed by atoms with Gasteiger partial charge in [0.15, 0.2) is 5.78 Å². The third kappa shape index (κ3) is 1.56. The molecule has 2 rings (SSSR count). The molecule has 3 N–H and O–H groups in total. The van der Waals surface area contributed by atoms with Crippen LogP contribution in [-0.4, -0.2) is 16.7 Å². The summed E-state index contributed by atoms with van der Waals surface area (Å²) >= 11 is 0. The van der Waals surface area contributed by atoms with E-state index in [0.29, 0.717) is 17.5 Å². The molecule has 1 heterocycles. The number of nitrogens with one attached hydrogen (secondary N) is 1. The number of H-pyrrole nitrogens is 1. The van der Waals surface area contributed by atoms with Crippen LogP contribution in [0, 0.1) is 5.41 Å². The molecule has 0 unspecified atom stereocenters. The Hall–Kier alpha value is -1.58. The quantitative estimate of drug-likeness (QED) is 0.726. The van der Waals surface area contributed by atoms with E-state index in [4.69, 9.17) is 5.73 Å². The highest BCUT2D eigenvalue weighted by Crippen LogP contribution is 2.35. The van der Waals surface area contributed by atoms with Crippen molar-refractivity contribution in [2.75, 3.05) is 0 Å². The SMILES string of the molecule is CC1(C)CC(=O)c2c(C(N)=O)c[nH]c2C1. The number of Topliss-reactive ketones (excluding diaryl/α,β-unsaturated/α-hetero) is 1. The number of aromatic nitrogens is 1. The summed E-state index contributed by atoms with van der Waals surface area (Å²) in [5.74, 6) is -0.531. The van der Waals surface area contributed by atoms with E-state index in [-0.39, 0.29) is 11.2 Å². The lowest BCUT2D eigenvalue weighted by atomic mass is 9.75. The van der Waals surface area contributed by atoms with Crippen molar-refractivity contribution in [3.8, 4) is 0 Å². The predicted molar refractivity (Wildman–Crippen MR) is 55.7 cm³/mol. The number of primary amides is 1. The fourth-order valence-corrected chi connectivity index (χ4v) is 2.18. The van der Waals surface area contributed by atoms with Gasteiger partial charge in [-0.2, -0.15) is 0 Å². The van der Waals surface area contributed by atoms with Crippen molar-refractivity contribution in [3.63, 3.8) is 0 Å². The number of fused-ring (bicyclic) bond motifs is 1. The second-order valence-electron chi connectivity index (χ2n) is 4.86. The molecule has 0 aromatic carbocycles. The third-order valence-electron chi connectivity index (χ3n) is 2.80. The summed E-state index contributed by atoms with van der Waals surface area (Å²) in [4.78, 5) is 25.9. The number of aromatic amines is 1. The lowest BCUT2D eigenvalue weighted by Crippen LogP contribution is -2.28. The molecular formula is C11H14N2O2. The standard InChI is InChI=1S/C11H14N2O2/c1-11(2)3-7-9(8(14)4-11)6(5-13-7)10(12)15/h5,13H,3-4H2,1-2H3,(H2,12,15). The van der Waals surface area contributed by atoms with Gasteiger partial charge in [0, 0.05) is 18.3 Å². The molecule has 0 bridgehead atoms. The minimum absolute atomic E-state index is 0.0105. The number of carbonyl (C=O) groups excluding carboxylic acids is 2. The van der Waals surface area contributed by atoms with Gasteiger partial charge in [0.25, 0.3) is 5.91 Å². The van der Waals surface area contributed by atoms with Crippen LogP contribution in [0.1, 0.15) is 46.7 Å². The zero-order valence-corrected chi connectivity index (χ0v) is 8.89. The first-order chi connectivity index (χ1) is 6.91. The van der Waals surface area contributed by atoms with E-state index in [1.54, 1.807) is 0 Å². The molecule has 80 valence electrons. The van der Waals surface area contributed by atoms with Gasteiger partial charge in [0.1, 0.15) is 0 Å². The van der Waals surface area contributed by atoms with E-state index in [1.165, 1.54) is 6.20 Å². The number of rotatable bonds is 1. The molecule has 0 atom stereocenters. The van der Waals surface area contributed by atoms with Crippen LogP contribution >= 0.6 is 0 Å². The van der Waals surface area contributed by atoms with Crippen LogP contribution in [0.2, 0.25) is 0 Å². The molecule has 1 aliphatic carbocycles. The predicted octanol–water partition coefficient (Wildman–Crippen LogP) is 1.27. The smallest absolute Gasteiger partial charge is 0.250 e. The number of carbonyl (C=O) groups is 2. The number of amides is 1. The van der Waals surface area contributed by atoms with E-state index in [9.17, 15) is 9.59 Å². The molecule has 1 aromatic rings. The van der Waals surface area contributed by atoms with Crippen LogP contribution in [0.15, 0.2) is 6.20 Å². The summed E-state index contributed by atoms with van der Waals surface area (Å²) in [6, 6.07) is 0. The first-order valence-corrected chi connectivity index (χ1v) is 4.94. The summed E-state index contributed by atoms with van der Waals surface area (Å²) in [7, 11) is 0. The summed E-state index contributed by atoms with van der Waals surface area (Å²) in [6.07, 6.45) is 2.78. The number of nitrogens with two attached hydrogens (primary N) is 1. The van der Waals surface area contributed by atoms with Crippen molar-refractivity contribution < 1.29 is 9.59 Å². The van der Waals surface area contributed by atoms with Crippen molar-refractivity contribution >= 4 is 11.7 Å². The molecule has 0 radical (unpaired) electrons. The zero-order chi connectivity index (χ0) is 11.2. The molecule has 0 spiro atoms. The normalized spacial score (nSPS) is 18.7. The highest BCUT2D eigenvalue weighted by atomic mass is 16.1. The van der Waals surface area contributed by atoms with Crippen molar-refractivity contribution in [1.29, 1.82) is 0 Å². The average molecular weight is 206 g/mol. The molecular weight excluding hydrogens is 192 g/mol. The molecule has 0 saturated heterocycles. The molecule has 0 fully saturated rings. The van der Waals surface area contributed by atoms with Crippen LogP contribution in [0.4, 0.5) is 0 Å². The van der Waals surface area contributed by atoms with Crippen molar-refractivity contribution in [2.45, 2.75) is 26.7 Å². The average Bonchev–Trinajstić information content (AvgIpc) is 2.45. The first-order valence-electron chi connectivity index (χ1n) is 4.94. The minimum Gasteiger partial charge on any atom is -0.366 e.